The number of aromatic nitrogens is 4. The van der Waals surface area contributed by atoms with Crippen molar-refractivity contribution in [3.05, 3.63) is 55.7 Å². The molecule has 0 aliphatic heterocycles. The monoisotopic (exact) mass is 390 g/mol. The van der Waals surface area contributed by atoms with Gasteiger partial charge in [-0.05, 0) is 13.0 Å². The van der Waals surface area contributed by atoms with Crippen molar-refractivity contribution in [3.63, 3.8) is 0 Å². The number of halogens is 1. The number of anilines is 1. The van der Waals surface area contributed by atoms with E-state index in [1.54, 1.807) is 16.8 Å². The first kappa shape index (κ1) is 18.9. The maximum absolute atomic E-state index is 12.3. The zero-order valence-corrected chi connectivity index (χ0v) is 15.7. The molecule has 0 amide bonds. The Morgan fingerprint density at radius 1 is 1.37 bits per heavy atom. The van der Waals surface area contributed by atoms with E-state index in [9.17, 15) is 9.59 Å². The van der Waals surface area contributed by atoms with E-state index >= 15 is 0 Å². The minimum absolute atomic E-state index is 0.260. The van der Waals surface area contributed by atoms with E-state index in [0.29, 0.717) is 30.7 Å². The molecule has 3 aromatic rings. The molecule has 0 spiro atoms. The van der Waals surface area contributed by atoms with Crippen molar-refractivity contribution in [3.8, 4) is 0 Å². The van der Waals surface area contributed by atoms with E-state index in [-0.39, 0.29) is 11.2 Å². The third-order valence-electron chi connectivity index (χ3n) is 3.94. The van der Waals surface area contributed by atoms with Crippen LogP contribution in [0, 0.1) is 0 Å². The van der Waals surface area contributed by atoms with Crippen LogP contribution in [-0.2, 0) is 18.3 Å². The molecule has 2 aromatic heterocycles. The second kappa shape index (κ2) is 8.19. The summed E-state index contributed by atoms with van der Waals surface area (Å²) in [6.45, 7) is 3.19. The molecule has 1 aromatic carbocycles. The minimum Gasteiger partial charge on any atom is -0.380 e. The standard InChI is InChI=1S/C17H19ClN6O3/c1-3-27-9-8-24-13-14(23(2)17(26)21-15(13)25)20-16(24)22-19-10-11-6-4-5-7-12(11)18/h4-7,10H,3,8-9H2,1-2H3,(H,20,22)(H,21,25,26)/b19-10+. The molecule has 10 heteroatoms. The first-order valence-corrected chi connectivity index (χ1v) is 8.71. The molecule has 0 bridgehead atoms. The lowest BCUT2D eigenvalue weighted by Gasteiger charge is -2.08. The molecule has 2 N–H and O–H groups in total. The average molecular weight is 391 g/mol. The van der Waals surface area contributed by atoms with Crippen LogP contribution in [0.25, 0.3) is 11.2 Å². The third-order valence-corrected chi connectivity index (χ3v) is 4.29. The molecule has 0 saturated heterocycles. The van der Waals surface area contributed by atoms with Crippen molar-refractivity contribution in [1.82, 2.24) is 19.1 Å². The van der Waals surface area contributed by atoms with E-state index in [2.05, 4.69) is 20.5 Å². The van der Waals surface area contributed by atoms with Crippen molar-refractivity contribution < 1.29 is 4.74 Å². The van der Waals surface area contributed by atoms with Gasteiger partial charge in [-0.15, -0.1) is 0 Å². The highest BCUT2D eigenvalue weighted by Crippen LogP contribution is 2.16. The number of nitrogens with one attached hydrogen (secondary N) is 2. The lowest BCUT2D eigenvalue weighted by molar-refractivity contribution is 0.140. The van der Waals surface area contributed by atoms with E-state index in [1.807, 2.05) is 25.1 Å². The Labute approximate surface area is 159 Å². The maximum atomic E-state index is 12.3. The van der Waals surface area contributed by atoms with E-state index < -0.39 is 11.2 Å². The number of fused-ring (bicyclic) bond motifs is 1. The van der Waals surface area contributed by atoms with Crippen LogP contribution in [0.2, 0.25) is 5.02 Å². The summed E-state index contributed by atoms with van der Waals surface area (Å²) in [4.78, 5) is 30.8. The highest BCUT2D eigenvalue weighted by atomic mass is 35.5. The molecule has 0 saturated carbocycles. The fourth-order valence-corrected chi connectivity index (χ4v) is 2.76. The summed E-state index contributed by atoms with van der Waals surface area (Å²) in [5.41, 5.74) is 3.03. The summed E-state index contributed by atoms with van der Waals surface area (Å²) in [6, 6.07) is 7.25. The van der Waals surface area contributed by atoms with Crippen LogP contribution in [0.3, 0.4) is 0 Å². The van der Waals surface area contributed by atoms with Crippen molar-refractivity contribution in [2.45, 2.75) is 13.5 Å². The summed E-state index contributed by atoms with van der Waals surface area (Å²) in [5, 5.41) is 4.72. The van der Waals surface area contributed by atoms with E-state index in [0.717, 1.165) is 5.56 Å². The number of rotatable bonds is 7. The molecule has 0 unspecified atom stereocenters. The lowest BCUT2D eigenvalue weighted by atomic mass is 10.2. The van der Waals surface area contributed by atoms with Gasteiger partial charge in [0.2, 0.25) is 5.95 Å². The van der Waals surface area contributed by atoms with Crippen LogP contribution in [0.4, 0.5) is 5.95 Å². The third kappa shape index (κ3) is 3.93. The summed E-state index contributed by atoms with van der Waals surface area (Å²) < 4.78 is 8.29. The lowest BCUT2D eigenvalue weighted by Crippen LogP contribution is -2.29. The molecular weight excluding hydrogens is 372 g/mol. The molecule has 3 rings (SSSR count). The Morgan fingerprint density at radius 3 is 2.89 bits per heavy atom. The smallest absolute Gasteiger partial charge is 0.329 e. The number of aromatic amines is 1. The second-order valence-corrected chi connectivity index (χ2v) is 6.07. The number of H-pyrrole nitrogens is 1. The van der Waals surface area contributed by atoms with Gasteiger partial charge in [-0.25, -0.2) is 10.2 Å². The van der Waals surface area contributed by atoms with Crippen molar-refractivity contribution in [2.75, 3.05) is 18.6 Å². The molecule has 2 heterocycles. The number of aryl methyl sites for hydroxylation is 1. The van der Waals surface area contributed by atoms with Gasteiger partial charge < -0.3 is 9.30 Å². The summed E-state index contributed by atoms with van der Waals surface area (Å²) >= 11 is 6.11. The van der Waals surface area contributed by atoms with Crippen molar-refractivity contribution in [1.29, 1.82) is 0 Å². The van der Waals surface area contributed by atoms with Crippen LogP contribution < -0.4 is 16.7 Å². The minimum atomic E-state index is -0.534. The number of imidazole rings is 1. The van der Waals surface area contributed by atoms with Gasteiger partial charge in [0.1, 0.15) is 0 Å². The first-order chi connectivity index (χ1) is 13.0. The Morgan fingerprint density at radius 2 is 2.15 bits per heavy atom. The van der Waals surface area contributed by atoms with E-state index in [1.165, 1.54) is 11.6 Å². The highest BCUT2D eigenvalue weighted by Gasteiger charge is 2.16. The Hall–Kier alpha value is -2.91. The zero-order valence-electron chi connectivity index (χ0n) is 14.9. The molecular formula is C17H19ClN6O3. The van der Waals surface area contributed by atoms with Gasteiger partial charge in [0.25, 0.3) is 5.56 Å². The van der Waals surface area contributed by atoms with Gasteiger partial charge in [-0.2, -0.15) is 10.1 Å². The van der Waals surface area contributed by atoms with E-state index in [4.69, 9.17) is 16.3 Å². The number of ether oxygens (including phenoxy) is 1. The van der Waals surface area contributed by atoms with Gasteiger partial charge in [-0.1, -0.05) is 29.8 Å². The molecule has 0 atom stereocenters. The van der Waals surface area contributed by atoms with Gasteiger partial charge in [0.15, 0.2) is 11.2 Å². The number of nitrogens with zero attached hydrogens (tertiary/aromatic N) is 4. The Kier molecular flexibility index (Phi) is 5.72. The largest absolute Gasteiger partial charge is 0.380 e. The fourth-order valence-electron chi connectivity index (χ4n) is 2.58. The Balaban J connectivity index is 2.00. The number of benzene rings is 1. The first-order valence-electron chi connectivity index (χ1n) is 8.33. The predicted octanol–water partition coefficient (Wildman–Crippen LogP) is 1.56. The molecule has 0 aliphatic carbocycles. The topological polar surface area (TPSA) is 106 Å². The van der Waals surface area contributed by atoms with Gasteiger partial charge >= 0.3 is 5.69 Å². The van der Waals surface area contributed by atoms with Crippen LogP contribution in [0.15, 0.2) is 39.0 Å². The summed E-state index contributed by atoms with van der Waals surface area (Å²) in [6.07, 6.45) is 1.55. The van der Waals surface area contributed by atoms with Crippen LogP contribution in [0.1, 0.15) is 12.5 Å². The highest BCUT2D eigenvalue weighted by molar-refractivity contribution is 6.33. The van der Waals surface area contributed by atoms with Gasteiger partial charge in [0, 0.05) is 30.8 Å². The molecule has 0 fully saturated rings. The normalized spacial score (nSPS) is 11.5. The number of hydrogen-bond donors (Lipinski definition) is 2. The van der Waals surface area contributed by atoms with Gasteiger partial charge in [0.05, 0.1) is 12.8 Å². The average Bonchev–Trinajstić information content (AvgIpc) is 3.01. The fraction of sp³-hybridized carbons (Fsp3) is 0.294. The number of hydrazone groups is 1. The zero-order chi connectivity index (χ0) is 19.4. The molecule has 142 valence electrons. The maximum Gasteiger partial charge on any atom is 0.329 e. The summed E-state index contributed by atoms with van der Waals surface area (Å²) in [5.74, 6) is 0.319. The quantitative estimate of drug-likeness (QED) is 0.362. The molecule has 27 heavy (non-hydrogen) atoms. The Bertz CT molecular complexity index is 1100. The van der Waals surface area contributed by atoms with Crippen LogP contribution in [0.5, 0.6) is 0 Å². The number of hydrogen-bond acceptors (Lipinski definition) is 6. The SMILES string of the molecule is CCOCCn1c(N/N=C/c2ccccc2Cl)nc2c1c(=O)[nH]c(=O)n2C. The van der Waals surface area contributed by atoms with Crippen molar-refractivity contribution in [2.24, 2.45) is 12.1 Å². The summed E-state index contributed by atoms with van der Waals surface area (Å²) in [7, 11) is 1.54. The molecule has 0 aliphatic rings. The second-order valence-electron chi connectivity index (χ2n) is 5.67. The molecule has 9 nitrogen and oxygen atoms in total. The van der Waals surface area contributed by atoms with Crippen LogP contribution >= 0.6 is 11.6 Å². The molecule has 0 radical (unpaired) electrons. The van der Waals surface area contributed by atoms with Crippen LogP contribution in [-0.4, -0.2) is 38.5 Å². The van der Waals surface area contributed by atoms with Gasteiger partial charge in [-0.3, -0.25) is 14.3 Å². The van der Waals surface area contributed by atoms with Crippen molar-refractivity contribution >= 4 is 34.9 Å². The predicted molar refractivity (Wildman–Crippen MR) is 105 cm³/mol.